The Morgan fingerprint density at radius 2 is 1.85 bits per heavy atom. The van der Waals surface area contributed by atoms with Crippen molar-refractivity contribution in [2.45, 2.75) is 12.8 Å². The molecule has 0 saturated carbocycles. The summed E-state index contributed by atoms with van der Waals surface area (Å²) in [5.41, 5.74) is 2.55. The Kier molecular flexibility index (Phi) is 6.10. The number of hydrogen-bond donors (Lipinski definition) is 1. The number of ether oxygens (including phenoxy) is 2. The molecule has 6 heteroatoms. The number of benzene rings is 2. The Balaban J connectivity index is 1.50. The van der Waals surface area contributed by atoms with Crippen LogP contribution in [0.5, 0.6) is 11.5 Å². The zero-order chi connectivity index (χ0) is 19.1. The molecule has 0 radical (unpaired) electrons. The van der Waals surface area contributed by atoms with Crippen LogP contribution in [0.4, 0.5) is 0 Å². The third-order valence-corrected chi connectivity index (χ3v) is 4.10. The molecule has 0 aliphatic heterocycles. The highest BCUT2D eigenvalue weighted by Gasteiger charge is 2.10. The second-order valence-electron chi connectivity index (χ2n) is 5.98. The maximum Gasteiger partial charge on any atom is 0.226 e. The summed E-state index contributed by atoms with van der Waals surface area (Å²) in [5.74, 6) is 1.79. The molecule has 0 aliphatic carbocycles. The Bertz CT molecular complexity index is 890. The van der Waals surface area contributed by atoms with Gasteiger partial charge in [-0.05, 0) is 36.2 Å². The lowest BCUT2D eigenvalue weighted by Gasteiger charge is -2.10. The topological polar surface area (TPSA) is 73.6 Å². The monoisotopic (exact) mass is 366 g/mol. The highest BCUT2D eigenvalue weighted by Crippen LogP contribution is 2.27. The fraction of sp³-hybridized carbons (Fsp3) is 0.238. The first-order valence-corrected chi connectivity index (χ1v) is 8.67. The maximum absolute atomic E-state index is 12.1. The van der Waals surface area contributed by atoms with Gasteiger partial charge in [0.1, 0.15) is 6.26 Å². The highest BCUT2D eigenvalue weighted by molar-refractivity contribution is 5.78. The number of aromatic nitrogens is 1. The number of carbonyl (C=O) groups excluding carboxylic acids is 1. The third kappa shape index (κ3) is 4.88. The average Bonchev–Trinajstić information content (AvgIpc) is 3.17. The molecule has 3 aromatic rings. The first-order chi connectivity index (χ1) is 13.2. The molecule has 3 rings (SSSR count). The molecule has 1 aromatic heterocycles. The first-order valence-electron chi connectivity index (χ1n) is 8.67. The quantitative estimate of drug-likeness (QED) is 0.662. The summed E-state index contributed by atoms with van der Waals surface area (Å²) in [7, 11) is 3.20. The molecule has 1 amide bonds. The number of amides is 1. The van der Waals surface area contributed by atoms with E-state index >= 15 is 0 Å². The lowest BCUT2D eigenvalue weighted by molar-refractivity contribution is -0.120. The summed E-state index contributed by atoms with van der Waals surface area (Å²) in [4.78, 5) is 16.5. The van der Waals surface area contributed by atoms with Gasteiger partial charge in [-0.3, -0.25) is 4.79 Å². The molecule has 0 saturated heterocycles. The Morgan fingerprint density at radius 1 is 1.07 bits per heavy atom. The van der Waals surface area contributed by atoms with E-state index < -0.39 is 0 Å². The number of nitrogens with zero attached hydrogens (tertiary/aromatic N) is 1. The van der Waals surface area contributed by atoms with Gasteiger partial charge >= 0.3 is 0 Å². The molecule has 2 aromatic carbocycles. The Labute approximate surface area is 158 Å². The molecule has 27 heavy (non-hydrogen) atoms. The van der Waals surface area contributed by atoms with E-state index in [2.05, 4.69) is 10.3 Å². The predicted octanol–water partition coefficient (Wildman–Crippen LogP) is 3.26. The second-order valence-corrected chi connectivity index (χ2v) is 5.98. The van der Waals surface area contributed by atoms with E-state index in [4.69, 9.17) is 13.9 Å². The van der Waals surface area contributed by atoms with Gasteiger partial charge in [0.05, 0.1) is 26.3 Å². The van der Waals surface area contributed by atoms with Crippen LogP contribution < -0.4 is 14.8 Å². The van der Waals surface area contributed by atoms with Gasteiger partial charge in [-0.1, -0.05) is 24.3 Å². The molecule has 0 unspecified atom stereocenters. The summed E-state index contributed by atoms with van der Waals surface area (Å²) in [5, 5.41) is 2.90. The zero-order valence-electron chi connectivity index (χ0n) is 15.4. The van der Waals surface area contributed by atoms with Crippen molar-refractivity contribution in [1.82, 2.24) is 10.3 Å². The van der Waals surface area contributed by atoms with Crippen LogP contribution in [0.3, 0.4) is 0 Å². The van der Waals surface area contributed by atoms with Crippen molar-refractivity contribution in [2.75, 3.05) is 20.8 Å². The van der Waals surface area contributed by atoms with Crippen molar-refractivity contribution in [2.24, 2.45) is 0 Å². The van der Waals surface area contributed by atoms with Crippen LogP contribution in [0.15, 0.2) is 59.2 Å². The van der Waals surface area contributed by atoms with Gasteiger partial charge in [0, 0.05) is 12.1 Å². The summed E-state index contributed by atoms with van der Waals surface area (Å²) in [6.45, 7) is 0.526. The van der Waals surface area contributed by atoms with Crippen molar-refractivity contribution in [3.05, 3.63) is 66.1 Å². The number of methoxy groups -OCH3 is 2. The summed E-state index contributed by atoms with van der Waals surface area (Å²) >= 11 is 0. The molecule has 1 heterocycles. The van der Waals surface area contributed by atoms with Crippen LogP contribution in [0.1, 0.15) is 11.3 Å². The van der Waals surface area contributed by atoms with E-state index in [1.54, 1.807) is 14.2 Å². The minimum absolute atomic E-state index is 0.0941. The van der Waals surface area contributed by atoms with E-state index in [1.165, 1.54) is 6.26 Å². The summed E-state index contributed by atoms with van der Waals surface area (Å²) < 4.78 is 16.0. The molecule has 0 spiro atoms. The standard InChI is InChI=1S/C21H22N2O4/c1-25-18-9-8-15(12-19(18)26-2)10-11-22-20(24)13-17-14-27-21(23-17)16-6-4-3-5-7-16/h3-9,12,14H,10-11,13H2,1-2H3,(H,22,24). The van der Waals surface area contributed by atoms with E-state index in [0.717, 1.165) is 11.1 Å². The molecule has 1 N–H and O–H groups in total. The van der Waals surface area contributed by atoms with Crippen molar-refractivity contribution >= 4 is 5.91 Å². The second kappa shape index (κ2) is 8.89. The number of oxazole rings is 1. The van der Waals surface area contributed by atoms with Gasteiger partial charge < -0.3 is 19.2 Å². The van der Waals surface area contributed by atoms with E-state index in [1.807, 2.05) is 48.5 Å². The zero-order valence-corrected chi connectivity index (χ0v) is 15.4. The van der Waals surface area contributed by atoms with E-state index in [9.17, 15) is 4.79 Å². The van der Waals surface area contributed by atoms with Gasteiger partial charge in [-0.2, -0.15) is 0 Å². The van der Waals surface area contributed by atoms with E-state index in [-0.39, 0.29) is 12.3 Å². The number of rotatable bonds is 8. The lowest BCUT2D eigenvalue weighted by Crippen LogP contribution is -2.27. The third-order valence-electron chi connectivity index (χ3n) is 4.10. The van der Waals surface area contributed by atoms with Crippen molar-refractivity contribution in [3.8, 4) is 23.0 Å². The molecule has 0 fully saturated rings. The van der Waals surface area contributed by atoms with Crippen LogP contribution in [0.25, 0.3) is 11.5 Å². The maximum atomic E-state index is 12.1. The largest absolute Gasteiger partial charge is 0.493 e. The molecule has 0 atom stereocenters. The van der Waals surface area contributed by atoms with E-state index in [0.29, 0.717) is 36.0 Å². The lowest BCUT2D eigenvalue weighted by atomic mass is 10.1. The van der Waals surface area contributed by atoms with Crippen LogP contribution in [0.2, 0.25) is 0 Å². The van der Waals surface area contributed by atoms with Crippen LogP contribution >= 0.6 is 0 Å². The Morgan fingerprint density at radius 3 is 2.59 bits per heavy atom. The molecular formula is C21H22N2O4. The normalized spacial score (nSPS) is 10.4. The summed E-state index contributed by atoms with van der Waals surface area (Å²) in [6.07, 6.45) is 2.40. The van der Waals surface area contributed by atoms with Crippen molar-refractivity contribution < 1.29 is 18.7 Å². The fourth-order valence-corrected chi connectivity index (χ4v) is 2.71. The Hall–Kier alpha value is -3.28. The number of carbonyl (C=O) groups is 1. The van der Waals surface area contributed by atoms with Gasteiger partial charge in [0.2, 0.25) is 11.8 Å². The smallest absolute Gasteiger partial charge is 0.226 e. The fourth-order valence-electron chi connectivity index (χ4n) is 2.71. The predicted molar refractivity (Wildman–Crippen MR) is 102 cm³/mol. The van der Waals surface area contributed by atoms with Crippen LogP contribution in [0, 0.1) is 0 Å². The van der Waals surface area contributed by atoms with Gasteiger partial charge in [-0.25, -0.2) is 4.98 Å². The molecule has 140 valence electrons. The summed E-state index contributed by atoms with van der Waals surface area (Å²) in [6, 6.07) is 15.3. The molecular weight excluding hydrogens is 344 g/mol. The molecule has 0 aliphatic rings. The van der Waals surface area contributed by atoms with Crippen molar-refractivity contribution in [1.29, 1.82) is 0 Å². The average molecular weight is 366 g/mol. The molecule has 0 bridgehead atoms. The van der Waals surface area contributed by atoms with Gasteiger partial charge in [-0.15, -0.1) is 0 Å². The van der Waals surface area contributed by atoms with Crippen LogP contribution in [-0.4, -0.2) is 31.7 Å². The van der Waals surface area contributed by atoms with Crippen LogP contribution in [-0.2, 0) is 17.6 Å². The molecule has 6 nitrogen and oxygen atoms in total. The highest BCUT2D eigenvalue weighted by atomic mass is 16.5. The first kappa shape index (κ1) is 18.5. The minimum atomic E-state index is -0.0941. The minimum Gasteiger partial charge on any atom is -0.493 e. The number of nitrogens with one attached hydrogen (secondary N) is 1. The SMILES string of the molecule is COc1ccc(CCNC(=O)Cc2coc(-c3ccccc3)n2)cc1OC. The van der Waals surface area contributed by atoms with Gasteiger partial charge in [0.25, 0.3) is 0 Å². The van der Waals surface area contributed by atoms with Gasteiger partial charge in [0.15, 0.2) is 11.5 Å². The number of hydrogen-bond acceptors (Lipinski definition) is 5. The van der Waals surface area contributed by atoms with Crippen molar-refractivity contribution in [3.63, 3.8) is 0 Å².